The molecule has 0 aromatic heterocycles. The van der Waals surface area contributed by atoms with Crippen LogP contribution in [0.3, 0.4) is 0 Å². The quantitative estimate of drug-likeness (QED) is 0.346. The molecule has 20 heavy (non-hydrogen) atoms. The van der Waals surface area contributed by atoms with Crippen LogP contribution in [0.5, 0.6) is 0 Å². The Kier molecular flexibility index (Phi) is 6.40. The Balaban J connectivity index is 2.81. The average molecular weight is 293 g/mol. The molecule has 0 radical (unpaired) electrons. The number of hydrogen-bond acceptors (Lipinski definition) is 5. The van der Waals surface area contributed by atoms with Crippen molar-refractivity contribution in [3.63, 3.8) is 0 Å². The lowest BCUT2D eigenvalue weighted by molar-refractivity contribution is -0.384. The third kappa shape index (κ3) is 4.48. The maximum Gasteiger partial charge on any atom is 0.292 e. The summed E-state index contributed by atoms with van der Waals surface area (Å²) in [4.78, 5) is 22.0. The van der Waals surface area contributed by atoms with Crippen LogP contribution >= 0.6 is 11.8 Å². The van der Waals surface area contributed by atoms with Crippen molar-refractivity contribution in [2.24, 2.45) is 0 Å². The third-order valence-electron chi connectivity index (χ3n) is 2.43. The van der Waals surface area contributed by atoms with E-state index in [0.29, 0.717) is 23.5 Å². The monoisotopic (exact) mass is 293 g/mol. The van der Waals surface area contributed by atoms with Crippen molar-refractivity contribution >= 4 is 29.0 Å². The van der Waals surface area contributed by atoms with Gasteiger partial charge in [-0.2, -0.15) is 0 Å². The number of nitrogens with one attached hydrogen (secondary N) is 2. The summed E-state index contributed by atoms with van der Waals surface area (Å²) in [5.74, 6) is 3.54. The summed E-state index contributed by atoms with van der Waals surface area (Å²) in [7, 11) is 1.51. The number of thioether (sulfide) groups is 1. The van der Waals surface area contributed by atoms with E-state index in [9.17, 15) is 14.9 Å². The van der Waals surface area contributed by atoms with Gasteiger partial charge in [0.1, 0.15) is 5.69 Å². The van der Waals surface area contributed by atoms with Gasteiger partial charge in [0.2, 0.25) is 0 Å². The van der Waals surface area contributed by atoms with Gasteiger partial charge in [-0.1, -0.05) is 5.92 Å². The second-order valence-electron chi connectivity index (χ2n) is 3.75. The smallest absolute Gasteiger partial charge is 0.292 e. The van der Waals surface area contributed by atoms with E-state index in [4.69, 9.17) is 6.42 Å². The average Bonchev–Trinajstić information content (AvgIpc) is 2.45. The van der Waals surface area contributed by atoms with Gasteiger partial charge in [-0.25, -0.2) is 0 Å². The largest absolute Gasteiger partial charge is 0.379 e. The minimum atomic E-state index is -0.482. The summed E-state index contributed by atoms with van der Waals surface area (Å²) < 4.78 is 0. The van der Waals surface area contributed by atoms with Gasteiger partial charge in [0, 0.05) is 31.0 Å². The Labute approximate surface area is 121 Å². The first-order valence-electron chi connectivity index (χ1n) is 5.85. The number of hydrogen-bond donors (Lipinski definition) is 2. The number of carbonyl (C=O) groups excluding carboxylic acids is 1. The lowest BCUT2D eigenvalue weighted by Crippen LogP contribution is -2.18. The summed E-state index contributed by atoms with van der Waals surface area (Å²) in [6, 6.07) is 4.22. The highest BCUT2D eigenvalue weighted by Gasteiger charge is 2.15. The normalized spacial score (nSPS) is 9.60. The lowest BCUT2D eigenvalue weighted by Gasteiger charge is -2.08. The standard InChI is InChI=1S/C13H15N3O3S/c1-3-7-20-8-6-15-11-9-10(13(17)14-2)4-5-12(11)16(18)19/h1,4-5,9,15H,6-8H2,2H3,(H,14,17). The van der Waals surface area contributed by atoms with Gasteiger partial charge >= 0.3 is 0 Å². The van der Waals surface area contributed by atoms with Crippen molar-refractivity contribution in [3.05, 3.63) is 33.9 Å². The molecule has 0 saturated heterocycles. The second kappa shape index (κ2) is 8.07. The number of benzene rings is 1. The molecule has 1 aromatic carbocycles. The predicted molar refractivity (Wildman–Crippen MR) is 81.1 cm³/mol. The van der Waals surface area contributed by atoms with E-state index < -0.39 is 4.92 Å². The summed E-state index contributed by atoms with van der Waals surface area (Å²) in [5.41, 5.74) is 0.647. The van der Waals surface area contributed by atoms with Crippen molar-refractivity contribution in [1.82, 2.24) is 5.32 Å². The van der Waals surface area contributed by atoms with Crippen molar-refractivity contribution in [1.29, 1.82) is 0 Å². The van der Waals surface area contributed by atoms with E-state index in [1.54, 1.807) is 11.8 Å². The molecule has 2 N–H and O–H groups in total. The zero-order chi connectivity index (χ0) is 15.0. The molecule has 1 aromatic rings. The fraction of sp³-hybridized carbons (Fsp3) is 0.308. The van der Waals surface area contributed by atoms with E-state index in [1.807, 2.05) is 0 Å². The number of carbonyl (C=O) groups is 1. The van der Waals surface area contributed by atoms with Gasteiger partial charge in [-0.3, -0.25) is 14.9 Å². The van der Waals surface area contributed by atoms with Crippen LogP contribution in [0, 0.1) is 22.5 Å². The van der Waals surface area contributed by atoms with Gasteiger partial charge in [-0.15, -0.1) is 18.2 Å². The number of anilines is 1. The SMILES string of the molecule is C#CCSCCNc1cc(C(=O)NC)ccc1[N+](=O)[O-]. The van der Waals surface area contributed by atoms with Gasteiger partial charge in [0.25, 0.3) is 11.6 Å². The number of nitro benzene ring substituents is 1. The van der Waals surface area contributed by atoms with E-state index >= 15 is 0 Å². The van der Waals surface area contributed by atoms with Crippen LogP contribution < -0.4 is 10.6 Å². The fourth-order valence-electron chi connectivity index (χ4n) is 1.51. The first kappa shape index (κ1) is 15.9. The van der Waals surface area contributed by atoms with Crippen LogP contribution in [0.25, 0.3) is 0 Å². The number of nitro groups is 1. The zero-order valence-electron chi connectivity index (χ0n) is 11.0. The molecule has 7 heteroatoms. The fourth-order valence-corrected chi connectivity index (χ4v) is 2.02. The third-order valence-corrected chi connectivity index (χ3v) is 3.29. The molecule has 0 spiro atoms. The van der Waals surface area contributed by atoms with E-state index in [0.717, 1.165) is 5.75 Å². The molecule has 1 amide bonds. The molecule has 0 aliphatic rings. The van der Waals surface area contributed by atoms with Crippen LogP contribution in [0.2, 0.25) is 0 Å². The van der Waals surface area contributed by atoms with E-state index in [-0.39, 0.29) is 11.6 Å². The van der Waals surface area contributed by atoms with Crippen molar-refractivity contribution in [2.45, 2.75) is 0 Å². The molecule has 1 rings (SSSR count). The maximum atomic E-state index is 11.5. The lowest BCUT2D eigenvalue weighted by atomic mass is 10.1. The Morgan fingerprint density at radius 3 is 2.90 bits per heavy atom. The highest BCUT2D eigenvalue weighted by molar-refractivity contribution is 7.99. The Morgan fingerprint density at radius 2 is 2.30 bits per heavy atom. The minimum absolute atomic E-state index is 0.0559. The Morgan fingerprint density at radius 1 is 1.55 bits per heavy atom. The van der Waals surface area contributed by atoms with Gasteiger partial charge in [-0.05, 0) is 12.1 Å². The Bertz CT molecular complexity index is 540. The summed E-state index contributed by atoms with van der Waals surface area (Å²) in [6.45, 7) is 0.532. The van der Waals surface area contributed by atoms with Crippen LogP contribution in [0.4, 0.5) is 11.4 Å². The highest BCUT2D eigenvalue weighted by atomic mass is 32.2. The molecule has 6 nitrogen and oxygen atoms in total. The maximum absolute atomic E-state index is 11.5. The molecule has 0 aliphatic carbocycles. The summed E-state index contributed by atoms with van der Waals surface area (Å²) in [6.07, 6.45) is 5.13. The molecule has 0 heterocycles. The second-order valence-corrected chi connectivity index (χ2v) is 4.86. The molecule has 0 fully saturated rings. The zero-order valence-corrected chi connectivity index (χ0v) is 11.8. The van der Waals surface area contributed by atoms with Crippen LogP contribution in [0.15, 0.2) is 18.2 Å². The molecular weight excluding hydrogens is 278 g/mol. The predicted octanol–water partition coefficient (Wildman–Crippen LogP) is 1.73. The molecule has 0 atom stereocenters. The molecular formula is C13H15N3O3S. The number of rotatable bonds is 7. The number of amides is 1. The molecule has 106 valence electrons. The first-order valence-corrected chi connectivity index (χ1v) is 7.01. The summed E-state index contributed by atoms with van der Waals surface area (Å²) >= 11 is 1.55. The molecule has 0 unspecified atom stereocenters. The van der Waals surface area contributed by atoms with Crippen LogP contribution in [-0.4, -0.2) is 35.9 Å². The molecule has 0 saturated carbocycles. The topological polar surface area (TPSA) is 84.3 Å². The minimum Gasteiger partial charge on any atom is -0.379 e. The van der Waals surface area contributed by atoms with Gasteiger partial charge in [0.05, 0.1) is 10.7 Å². The van der Waals surface area contributed by atoms with Gasteiger partial charge < -0.3 is 10.6 Å². The van der Waals surface area contributed by atoms with Crippen molar-refractivity contribution in [2.75, 3.05) is 30.4 Å². The number of nitrogens with zero attached hydrogens (tertiary/aromatic N) is 1. The van der Waals surface area contributed by atoms with Crippen molar-refractivity contribution < 1.29 is 9.72 Å². The first-order chi connectivity index (χ1) is 9.60. The van der Waals surface area contributed by atoms with E-state index in [2.05, 4.69) is 16.6 Å². The van der Waals surface area contributed by atoms with Gasteiger partial charge in [0.15, 0.2) is 0 Å². The van der Waals surface area contributed by atoms with Crippen LogP contribution in [0.1, 0.15) is 10.4 Å². The molecule has 0 aliphatic heterocycles. The van der Waals surface area contributed by atoms with Crippen LogP contribution in [-0.2, 0) is 0 Å². The highest BCUT2D eigenvalue weighted by Crippen LogP contribution is 2.25. The van der Waals surface area contributed by atoms with E-state index in [1.165, 1.54) is 25.2 Å². The Hall–Kier alpha value is -2.20. The summed E-state index contributed by atoms with van der Waals surface area (Å²) in [5, 5.41) is 16.4. The molecule has 0 bridgehead atoms. The number of terminal acetylenes is 1. The van der Waals surface area contributed by atoms with Crippen molar-refractivity contribution in [3.8, 4) is 12.3 Å².